The normalized spacial score (nSPS) is 25.7. The van der Waals surface area contributed by atoms with Gasteiger partial charge in [-0.25, -0.2) is 22.7 Å². The van der Waals surface area contributed by atoms with Crippen molar-refractivity contribution in [1.82, 2.24) is 10.3 Å². The van der Waals surface area contributed by atoms with Crippen molar-refractivity contribution in [3.8, 4) is 0 Å². The smallest absolute Gasteiger partial charge is 0.413 e. The number of fused-ring (bicyclic) bond motifs is 1. The number of halogens is 3. The molecule has 3 atom stereocenters. The van der Waals surface area contributed by atoms with Gasteiger partial charge in [0, 0.05) is 24.0 Å². The van der Waals surface area contributed by atoms with Crippen molar-refractivity contribution in [2.75, 3.05) is 11.9 Å². The number of ether oxygens (including phenoxy) is 1. The van der Waals surface area contributed by atoms with Crippen molar-refractivity contribution in [1.29, 1.82) is 0 Å². The summed E-state index contributed by atoms with van der Waals surface area (Å²) in [4.78, 5) is 34.4. The molecule has 1 aromatic carbocycles. The van der Waals surface area contributed by atoms with E-state index in [1.807, 2.05) is 0 Å². The van der Waals surface area contributed by atoms with Crippen LogP contribution in [0.3, 0.4) is 0 Å². The molecular formula is C26H30Cl2FN5O4S. The fourth-order valence-corrected chi connectivity index (χ4v) is 8.47. The summed E-state index contributed by atoms with van der Waals surface area (Å²) >= 11 is 12.0. The van der Waals surface area contributed by atoms with Crippen LogP contribution < -0.4 is 10.6 Å². The molecular weight excluding hydrogens is 568 g/mol. The number of amides is 2. The largest absolute Gasteiger partial charge is 0.444 e. The molecule has 210 valence electrons. The van der Waals surface area contributed by atoms with E-state index in [0.717, 1.165) is 0 Å². The molecule has 13 heteroatoms. The lowest BCUT2D eigenvalue weighted by Crippen LogP contribution is -2.60. The van der Waals surface area contributed by atoms with E-state index in [4.69, 9.17) is 32.9 Å². The number of aliphatic imine (C=N–C) groups is 1. The summed E-state index contributed by atoms with van der Waals surface area (Å²) in [5.74, 6) is -1.16. The van der Waals surface area contributed by atoms with E-state index in [1.165, 1.54) is 30.5 Å². The Balaban J connectivity index is 1.78. The van der Waals surface area contributed by atoms with Gasteiger partial charge in [-0.3, -0.25) is 15.1 Å². The number of aromatic nitrogens is 1. The molecule has 4 rings (SSSR count). The van der Waals surface area contributed by atoms with E-state index in [1.54, 1.807) is 41.5 Å². The monoisotopic (exact) mass is 597 g/mol. The first kappa shape index (κ1) is 29.2. The average Bonchev–Trinajstić information content (AvgIpc) is 3.22. The zero-order valence-electron chi connectivity index (χ0n) is 22.4. The third-order valence-corrected chi connectivity index (χ3v) is 10.9. The fraction of sp³-hybridized carbons (Fsp3) is 0.462. The number of anilines is 1. The maximum atomic E-state index is 15.5. The molecule has 0 radical (unpaired) electrons. The standard InChI is InChI=1S/C26H30Cl2FN5O4S/c1-24(2,3)38-23(36)33-22-25(4,5)39(37)19(9-10-31-39)26(6,34-22)16-12-15(7-8-18(16)29)32-21(35)20-17(28)11-14(27)13-30-20/h7-8,11-13,19H,9-10H2,1-6H3,(H,32,35)(H,33,34,36)/t19?,26-,39-/m1/s1. The summed E-state index contributed by atoms with van der Waals surface area (Å²) in [5, 5.41) is 4.99. The zero-order valence-corrected chi connectivity index (χ0v) is 24.7. The number of carbonyl (C=O) groups is 2. The van der Waals surface area contributed by atoms with Crippen molar-refractivity contribution in [2.24, 2.45) is 9.36 Å². The Kier molecular flexibility index (Phi) is 7.50. The van der Waals surface area contributed by atoms with Crippen molar-refractivity contribution < 1.29 is 22.9 Å². The highest BCUT2D eigenvalue weighted by Gasteiger charge is 2.57. The number of amidine groups is 1. The number of nitrogens with zero attached hydrogens (tertiary/aromatic N) is 3. The van der Waals surface area contributed by atoms with Gasteiger partial charge < -0.3 is 10.1 Å². The van der Waals surface area contributed by atoms with Gasteiger partial charge in [-0.15, -0.1) is 0 Å². The second kappa shape index (κ2) is 10.0. The molecule has 2 aromatic rings. The van der Waals surface area contributed by atoms with E-state index >= 15 is 4.39 Å². The van der Waals surface area contributed by atoms with Gasteiger partial charge in [0.2, 0.25) is 0 Å². The Hall–Kier alpha value is -2.76. The molecule has 3 heterocycles. The van der Waals surface area contributed by atoms with Gasteiger partial charge >= 0.3 is 6.09 Å². The van der Waals surface area contributed by atoms with E-state index in [2.05, 4.69) is 20.0 Å². The number of carbonyl (C=O) groups excluding carboxylic acids is 2. The van der Waals surface area contributed by atoms with Crippen LogP contribution in [-0.2, 0) is 20.0 Å². The third-order valence-electron chi connectivity index (χ3n) is 6.74. The highest BCUT2D eigenvalue weighted by Crippen LogP contribution is 2.48. The van der Waals surface area contributed by atoms with Crippen LogP contribution in [0.15, 0.2) is 39.8 Å². The molecule has 0 aliphatic carbocycles. The highest BCUT2D eigenvalue weighted by atomic mass is 35.5. The van der Waals surface area contributed by atoms with Crippen LogP contribution in [0.4, 0.5) is 14.9 Å². The zero-order chi connectivity index (χ0) is 29.0. The number of rotatable bonds is 3. The first-order valence-corrected chi connectivity index (χ1v) is 14.6. The Bertz CT molecular complexity index is 1510. The summed E-state index contributed by atoms with van der Waals surface area (Å²) in [6, 6.07) is 5.40. The fourth-order valence-electron chi connectivity index (χ4n) is 4.82. The highest BCUT2D eigenvalue weighted by molar-refractivity contribution is 7.96. The van der Waals surface area contributed by atoms with Crippen LogP contribution in [0, 0.1) is 5.82 Å². The third kappa shape index (κ3) is 5.36. The van der Waals surface area contributed by atoms with Gasteiger partial charge in [0.1, 0.15) is 33.2 Å². The van der Waals surface area contributed by atoms with Gasteiger partial charge in [-0.2, -0.15) is 0 Å². The van der Waals surface area contributed by atoms with Crippen molar-refractivity contribution in [3.63, 3.8) is 0 Å². The van der Waals surface area contributed by atoms with Crippen molar-refractivity contribution in [3.05, 3.63) is 57.6 Å². The van der Waals surface area contributed by atoms with Crippen molar-refractivity contribution in [2.45, 2.75) is 69.1 Å². The Morgan fingerprint density at radius 2 is 1.85 bits per heavy atom. The molecule has 2 aliphatic heterocycles. The quantitative estimate of drug-likeness (QED) is 0.452. The molecule has 2 N–H and O–H groups in total. The maximum Gasteiger partial charge on any atom is 0.413 e. The summed E-state index contributed by atoms with van der Waals surface area (Å²) in [6.45, 7) is 10.5. The van der Waals surface area contributed by atoms with Crippen LogP contribution >= 0.6 is 23.2 Å². The summed E-state index contributed by atoms with van der Waals surface area (Å²) in [5.41, 5.74) is -1.90. The molecule has 39 heavy (non-hydrogen) atoms. The second-order valence-corrected chi connectivity index (χ2v) is 14.9. The van der Waals surface area contributed by atoms with Crippen molar-refractivity contribution >= 4 is 56.5 Å². The molecule has 0 spiro atoms. The molecule has 1 aromatic heterocycles. The van der Waals surface area contributed by atoms with Crippen LogP contribution in [0.1, 0.15) is 64.0 Å². The lowest BCUT2D eigenvalue weighted by molar-refractivity contribution is 0.0560. The number of benzene rings is 1. The molecule has 2 amide bonds. The minimum absolute atomic E-state index is 0.0542. The van der Waals surface area contributed by atoms with Gasteiger partial charge in [-0.05, 0) is 72.2 Å². The molecule has 0 bridgehead atoms. The first-order valence-electron chi connectivity index (χ1n) is 12.2. The summed E-state index contributed by atoms with van der Waals surface area (Å²) < 4.78 is 38.7. The number of pyridine rings is 1. The maximum absolute atomic E-state index is 15.5. The van der Waals surface area contributed by atoms with Crippen LogP contribution in [0.25, 0.3) is 0 Å². The number of alkyl carbamates (subject to hydrolysis) is 1. The molecule has 0 fully saturated rings. The summed E-state index contributed by atoms with van der Waals surface area (Å²) in [6.07, 6.45) is 0.921. The summed E-state index contributed by atoms with van der Waals surface area (Å²) in [7, 11) is -3.04. The minimum atomic E-state index is -3.04. The second-order valence-electron chi connectivity index (χ2n) is 11.1. The molecule has 9 nitrogen and oxygen atoms in total. The topological polar surface area (TPSA) is 122 Å². The molecule has 0 saturated carbocycles. The van der Waals surface area contributed by atoms with Gasteiger partial charge in [0.05, 0.1) is 25.0 Å². The first-order chi connectivity index (χ1) is 18.0. The SMILES string of the molecule is CC(C)(C)OC(=O)NC1=N[C@](C)(c2cc(NC(=O)c3ncc(Cl)cc3Cl)ccc2F)C2CCN=[S@]2(=O)C1(C)C. The van der Waals surface area contributed by atoms with E-state index in [-0.39, 0.29) is 32.8 Å². The van der Waals surface area contributed by atoms with Crippen LogP contribution in [0.2, 0.25) is 10.0 Å². The average molecular weight is 599 g/mol. The van der Waals surface area contributed by atoms with Gasteiger partial charge in [-0.1, -0.05) is 23.2 Å². The minimum Gasteiger partial charge on any atom is -0.444 e. The predicted octanol–water partition coefficient (Wildman–Crippen LogP) is 5.95. The number of hydrogen-bond donors (Lipinski definition) is 2. The molecule has 1 unspecified atom stereocenters. The van der Waals surface area contributed by atoms with Gasteiger partial charge in [0.15, 0.2) is 0 Å². The van der Waals surface area contributed by atoms with Crippen LogP contribution in [0.5, 0.6) is 0 Å². The molecule has 2 aliphatic rings. The van der Waals surface area contributed by atoms with E-state index < -0.39 is 48.7 Å². The number of nitrogens with one attached hydrogen (secondary N) is 2. The predicted molar refractivity (Wildman–Crippen MR) is 151 cm³/mol. The van der Waals surface area contributed by atoms with Crippen LogP contribution in [-0.4, -0.2) is 49.2 Å². The Morgan fingerprint density at radius 3 is 2.49 bits per heavy atom. The van der Waals surface area contributed by atoms with E-state index in [9.17, 15) is 13.8 Å². The Labute approximate surface area is 237 Å². The Morgan fingerprint density at radius 1 is 1.15 bits per heavy atom. The lowest BCUT2D eigenvalue weighted by atomic mass is 9.85. The molecule has 0 saturated heterocycles. The number of hydrogen-bond acceptors (Lipinski definition) is 7. The van der Waals surface area contributed by atoms with Gasteiger partial charge in [0.25, 0.3) is 5.91 Å². The lowest BCUT2D eigenvalue weighted by Gasteiger charge is -2.45. The van der Waals surface area contributed by atoms with E-state index in [0.29, 0.717) is 13.0 Å².